The van der Waals surface area contributed by atoms with Gasteiger partial charge in [-0.2, -0.15) is 0 Å². The molecule has 1 N–H and O–H groups in total. The van der Waals surface area contributed by atoms with Gasteiger partial charge in [0.05, 0.1) is 5.69 Å². The summed E-state index contributed by atoms with van der Waals surface area (Å²) < 4.78 is 1.76. The van der Waals surface area contributed by atoms with E-state index in [1.807, 2.05) is 6.92 Å². The maximum atomic E-state index is 10.8. The van der Waals surface area contributed by atoms with E-state index in [1.54, 1.807) is 4.68 Å². The summed E-state index contributed by atoms with van der Waals surface area (Å²) >= 11 is 0. The molecule has 82 valence electrons. The second-order valence-corrected chi connectivity index (χ2v) is 4.02. The van der Waals surface area contributed by atoms with E-state index in [1.165, 1.54) is 19.3 Å². The number of rotatable bonds is 4. The van der Waals surface area contributed by atoms with Crippen LogP contribution in [0.1, 0.15) is 42.4 Å². The van der Waals surface area contributed by atoms with E-state index in [2.05, 4.69) is 10.3 Å². The number of aromatic carboxylic acids is 1. The molecule has 1 aliphatic carbocycles. The first kappa shape index (κ1) is 10.1. The van der Waals surface area contributed by atoms with Crippen molar-refractivity contribution in [3.05, 3.63) is 11.4 Å². The van der Waals surface area contributed by atoms with E-state index >= 15 is 0 Å². The van der Waals surface area contributed by atoms with Crippen molar-refractivity contribution in [2.24, 2.45) is 5.92 Å². The van der Waals surface area contributed by atoms with Gasteiger partial charge in [0.25, 0.3) is 0 Å². The Morgan fingerprint density at radius 1 is 1.60 bits per heavy atom. The summed E-state index contributed by atoms with van der Waals surface area (Å²) in [6.07, 6.45) is 4.41. The molecule has 1 heterocycles. The lowest BCUT2D eigenvalue weighted by Gasteiger charge is -2.25. The normalized spacial score (nSPS) is 16.3. The van der Waals surface area contributed by atoms with E-state index in [9.17, 15) is 4.79 Å². The molecule has 0 atom stereocenters. The molecule has 0 bridgehead atoms. The number of hydrogen-bond donors (Lipinski definition) is 1. The fourth-order valence-electron chi connectivity index (χ4n) is 1.92. The first-order valence-electron chi connectivity index (χ1n) is 5.38. The highest BCUT2D eigenvalue weighted by Gasteiger charge is 2.22. The van der Waals surface area contributed by atoms with Gasteiger partial charge in [-0.05, 0) is 25.2 Å². The van der Waals surface area contributed by atoms with Gasteiger partial charge in [-0.3, -0.25) is 0 Å². The summed E-state index contributed by atoms with van der Waals surface area (Å²) in [6, 6.07) is 0. The van der Waals surface area contributed by atoms with Gasteiger partial charge in [-0.15, -0.1) is 5.10 Å². The van der Waals surface area contributed by atoms with Crippen molar-refractivity contribution >= 4 is 5.97 Å². The molecule has 0 radical (unpaired) electrons. The van der Waals surface area contributed by atoms with E-state index in [0.29, 0.717) is 12.3 Å². The number of nitrogens with zero attached hydrogens (tertiary/aromatic N) is 3. The molecular weight excluding hydrogens is 194 g/mol. The molecular formula is C10H15N3O2. The largest absolute Gasteiger partial charge is 0.476 e. The van der Waals surface area contributed by atoms with Crippen molar-refractivity contribution in [1.82, 2.24) is 15.0 Å². The van der Waals surface area contributed by atoms with Gasteiger partial charge < -0.3 is 5.11 Å². The molecule has 1 aromatic rings. The SMILES string of the molecule is CCc1c(C(=O)O)nnn1CC1CCC1. The van der Waals surface area contributed by atoms with Gasteiger partial charge in [-0.1, -0.05) is 18.6 Å². The Morgan fingerprint density at radius 2 is 2.33 bits per heavy atom. The van der Waals surface area contributed by atoms with Crippen LogP contribution in [0.5, 0.6) is 0 Å². The fraction of sp³-hybridized carbons (Fsp3) is 0.700. The van der Waals surface area contributed by atoms with Crippen molar-refractivity contribution in [3.8, 4) is 0 Å². The third-order valence-corrected chi connectivity index (χ3v) is 3.03. The first-order chi connectivity index (χ1) is 7.22. The van der Waals surface area contributed by atoms with Crippen LogP contribution in [-0.2, 0) is 13.0 Å². The maximum absolute atomic E-state index is 10.8. The average Bonchev–Trinajstić information content (AvgIpc) is 2.53. The van der Waals surface area contributed by atoms with E-state index in [4.69, 9.17) is 5.11 Å². The third kappa shape index (κ3) is 1.86. The lowest BCUT2D eigenvalue weighted by atomic mass is 9.85. The monoisotopic (exact) mass is 209 g/mol. The fourth-order valence-corrected chi connectivity index (χ4v) is 1.92. The summed E-state index contributed by atoms with van der Waals surface area (Å²) in [5, 5.41) is 16.5. The Bertz CT molecular complexity index is 369. The zero-order valence-corrected chi connectivity index (χ0v) is 8.81. The topological polar surface area (TPSA) is 68.0 Å². The van der Waals surface area contributed by atoms with Crippen LogP contribution in [0.4, 0.5) is 0 Å². The maximum Gasteiger partial charge on any atom is 0.358 e. The average molecular weight is 209 g/mol. The number of aromatic nitrogens is 3. The standard InChI is InChI=1S/C10H15N3O2/c1-2-8-9(10(14)15)11-12-13(8)6-7-4-3-5-7/h7H,2-6H2,1H3,(H,14,15). The Labute approximate surface area is 88.1 Å². The van der Waals surface area contributed by atoms with Crippen LogP contribution >= 0.6 is 0 Å². The van der Waals surface area contributed by atoms with Crippen LogP contribution in [0.15, 0.2) is 0 Å². The highest BCUT2D eigenvalue weighted by atomic mass is 16.4. The van der Waals surface area contributed by atoms with E-state index in [0.717, 1.165) is 12.2 Å². The van der Waals surface area contributed by atoms with Gasteiger partial charge in [-0.25, -0.2) is 9.48 Å². The number of carboxylic acids is 1. The summed E-state index contributed by atoms with van der Waals surface area (Å²) in [6.45, 7) is 2.76. The van der Waals surface area contributed by atoms with Crippen molar-refractivity contribution in [1.29, 1.82) is 0 Å². The molecule has 1 saturated carbocycles. The molecule has 1 aromatic heterocycles. The molecule has 15 heavy (non-hydrogen) atoms. The summed E-state index contributed by atoms with van der Waals surface area (Å²) in [4.78, 5) is 10.8. The van der Waals surface area contributed by atoms with Gasteiger partial charge in [0.15, 0.2) is 5.69 Å². The minimum absolute atomic E-state index is 0.108. The van der Waals surface area contributed by atoms with Crippen LogP contribution in [0.2, 0.25) is 0 Å². The van der Waals surface area contributed by atoms with Crippen LogP contribution in [0.25, 0.3) is 0 Å². The van der Waals surface area contributed by atoms with Gasteiger partial charge >= 0.3 is 5.97 Å². The first-order valence-corrected chi connectivity index (χ1v) is 5.38. The van der Waals surface area contributed by atoms with Crippen LogP contribution in [0.3, 0.4) is 0 Å². The molecule has 0 saturated heterocycles. The predicted octanol–water partition coefficient (Wildman–Crippen LogP) is 1.34. The molecule has 0 amide bonds. The molecule has 0 aliphatic heterocycles. The quantitative estimate of drug-likeness (QED) is 0.812. The molecule has 0 aromatic carbocycles. The molecule has 5 heteroatoms. The Morgan fingerprint density at radius 3 is 2.80 bits per heavy atom. The van der Waals surface area contributed by atoms with E-state index in [-0.39, 0.29) is 5.69 Å². The van der Waals surface area contributed by atoms with Crippen LogP contribution in [-0.4, -0.2) is 26.1 Å². The lowest BCUT2D eigenvalue weighted by molar-refractivity contribution is 0.0689. The molecule has 0 spiro atoms. The van der Waals surface area contributed by atoms with Crippen molar-refractivity contribution < 1.29 is 9.90 Å². The second kappa shape index (κ2) is 4.00. The highest BCUT2D eigenvalue weighted by Crippen LogP contribution is 2.28. The Kier molecular flexibility index (Phi) is 2.70. The van der Waals surface area contributed by atoms with Crippen LogP contribution in [0, 0.1) is 5.92 Å². The van der Waals surface area contributed by atoms with Gasteiger partial charge in [0.2, 0.25) is 0 Å². The summed E-state index contributed by atoms with van der Waals surface area (Å²) in [5.74, 6) is -0.314. The van der Waals surface area contributed by atoms with Gasteiger partial charge in [0, 0.05) is 6.54 Å². The zero-order valence-electron chi connectivity index (χ0n) is 8.81. The number of carboxylic acid groups (broad SMARTS) is 1. The smallest absolute Gasteiger partial charge is 0.358 e. The zero-order chi connectivity index (χ0) is 10.8. The molecule has 2 rings (SSSR count). The van der Waals surface area contributed by atoms with Crippen molar-refractivity contribution in [3.63, 3.8) is 0 Å². The molecule has 5 nitrogen and oxygen atoms in total. The lowest BCUT2D eigenvalue weighted by Crippen LogP contribution is -2.20. The second-order valence-electron chi connectivity index (χ2n) is 4.02. The summed E-state index contributed by atoms with van der Waals surface area (Å²) in [5.41, 5.74) is 0.853. The Hall–Kier alpha value is -1.39. The number of hydrogen-bond acceptors (Lipinski definition) is 3. The Balaban J connectivity index is 2.18. The van der Waals surface area contributed by atoms with Crippen LogP contribution < -0.4 is 0 Å². The summed E-state index contributed by atoms with van der Waals surface area (Å²) in [7, 11) is 0. The molecule has 1 aliphatic rings. The predicted molar refractivity (Wildman–Crippen MR) is 53.7 cm³/mol. The minimum atomic E-state index is -0.980. The van der Waals surface area contributed by atoms with Gasteiger partial charge in [0.1, 0.15) is 0 Å². The third-order valence-electron chi connectivity index (χ3n) is 3.03. The minimum Gasteiger partial charge on any atom is -0.476 e. The van der Waals surface area contributed by atoms with Crippen molar-refractivity contribution in [2.75, 3.05) is 0 Å². The van der Waals surface area contributed by atoms with E-state index < -0.39 is 5.97 Å². The highest BCUT2D eigenvalue weighted by molar-refractivity contribution is 5.86. The van der Waals surface area contributed by atoms with Crippen molar-refractivity contribution in [2.45, 2.75) is 39.2 Å². The molecule has 1 fully saturated rings. The number of carbonyl (C=O) groups is 1. The molecule has 0 unspecified atom stereocenters.